The first-order valence-electron chi connectivity index (χ1n) is 6.35. The molecule has 2 nitrogen and oxygen atoms in total. The molecule has 0 saturated heterocycles. The van der Waals surface area contributed by atoms with E-state index in [0.717, 1.165) is 16.9 Å². The summed E-state index contributed by atoms with van der Waals surface area (Å²) in [4.78, 5) is 0. The zero-order valence-electron chi connectivity index (χ0n) is 11.5. The highest BCUT2D eigenvalue weighted by Gasteiger charge is 2.12. The van der Waals surface area contributed by atoms with Gasteiger partial charge < -0.3 is 10.5 Å². The number of aryl methyl sites for hydroxylation is 1. The average Bonchev–Trinajstić information content (AvgIpc) is 2.42. The maximum atomic E-state index is 13.3. The summed E-state index contributed by atoms with van der Waals surface area (Å²) in [5.74, 6) is 0.532. The molecule has 0 heterocycles. The number of ether oxygens (including phenoxy) is 1. The van der Waals surface area contributed by atoms with Gasteiger partial charge in [-0.25, -0.2) is 4.39 Å². The Morgan fingerprint density at radius 2 is 2.00 bits per heavy atom. The molecule has 20 heavy (non-hydrogen) atoms. The highest BCUT2D eigenvalue weighted by Crippen LogP contribution is 2.27. The van der Waals surface area contributed by atoms with E-state index in [2.05, 4.69) is 0 Å². The minimum absolute atomic E-state index is 0.221. The first-order valence-corrected chi connectivity index (χ1v) is 6.73. The molecule has 2 aromatic rings. The van der Waals surface area contributed by atoms with Crippen molar-refractivity contribution in [2.45, 2.75) is 19.4 Å². The summed E-state index contributed by atoms with van der Waals surface area (Å²) in [7, 11) is 1.61. The van der Waals surface area contributed by atoms with Crippen molar-refractivity contribution in [3.63, 3.8) is 0 Å². The van der Waals surface area contributed by atoms with Crippen LogP contribution in [0, 0.1) is 12.7 Å². The number of benzene rings is 2. The highest BCUT2D eigenvalue weighted by molar-refractivity contribution is 6.30. The summed E-state index contributed by atoms with van der Waals surface area (Å²) in [6, 6.07) is 10.1. The van der Waals surface area contributed by atoms with Crippen molar-refractivity contribution in [3.05, 3.63) is 63.9 Å². The first-order chi connectivity index (χ1) is 9.51. The van der Waals surface area contributed by atoms with E-state index in [1.807, 2.05) is 12.1 Å². The molecule has 0 aliphatic rings. The number of halogens is 2. The number of hydrogen-bond donors (Lipinski definition) is 1. The van der Waals surface area contributed by atoms with Crippen molar-refractivity contribution in [2.75, 3.05) is 7.11 Å². The lowest BCUT2D eigenvalue weighted by Gasteiger charge is -2.15. The molecule has 0 amide bonds. The lowest BCUT2D eigenvalue weighted by Crippen LogP contribution is -2.14. The van der Waals surface area contributed by atoms with Gasteiger partial charge in [-0.1, -0.05) is 23.7 Å². The van der Waals surface area contributed by atoms with Crippen molar-refractivity contribution in [1.29, 1.82) is 0 Å². The van der Waals surface area contributed by atoms with Crippen LogP contribution in [0.5, 0.6) is 5.75 Å². The molecule has 0 saturated carbocycles. The van der Waals surface area contributed by atoms with E-state index in [-0.39, 0.29) is 11.9 Å². The molecule has 1 unspecified atom stereocenters. The van der Waals surface area contributed by atoms with Crippen LogP contribution in [0.4, 0.5) is 4.39 Å². The largest absolute Gasteiger partial charge is 0.496 e. The molecule has 0 bridgehead atoms. The third kappa shape index (κ3) is 3.30. The summed E-state index contributed by atoms with van der Waals surface area (Å²) in [6.07, 6.45) is 0.578. The van der Waals surface area contributed by atoms with Crippen LogP contribution in [0.2, 0.25) is 5.02 Å². The Morgan fingerprint density at radius 1 is 1.25 bits per heavy atom. The lowest BCUT2D eigenvalue weighted by molar-refractivity contribution is 0.408. The summed E-state index contributed by atoms with van der Waals surface area (Å²) in [5.41, 5.74) is 8.63. The fourth-order valence-corrected chi connectivity index (χ4v) is 2.35. The summed E-state index contributed by atoms with van der Waals surface area (Å²) in [5, 5.41) is 0.642. The van der Waals surface area contributed by atoms with E-state index in [1.165, 1.54) is 6.07 Å². The Balaban J connectivity index is 2.24. The third-order valence-corrected chi connectivity index (χ3v) is 3.53. The molecule has 106 valence electrons. The number of methoxy groups -OCH3 is 1. The Kier molecular flexibility index (Phi) is 4.63. The molecular formula is C16H17ClFNO. The van der Waals surface area contributed by atoms with Gasteiger partial charge in [0.2, 0.25) is 0 Å². The molecule has 1 atom stereocenters. The summed E-state index contributed by atoms with van der Waals surface area (Å²) < 4.78 is 18.6. The second-order valence-corrected chi connectivity index (χ2v) is 5.21. The predicted octanol–water partition coefficient (Wildman–Crippen LogP) is 4.04. The van der Waals surface area contributed by atoms with E-state index >= 15 is 0 Å². The minimum Gasteiger partial charge on any atom is -0.496 e. The molecule has 2 aromatic carbocycles. The van der Waals surface area contributed by atoms with Crippen molar-refractivity contribution in [2.24, 2.45) is 5.73 Å². The molecule has 0 fully saturated rings. The molecule has 2 N–H and O–H groups in total. The van der Waals surface area contributed by atoms with Crippen molar-refractivity contribution in [3.8, 4) is 5.75 Å². The smallest absolute Gasteiger partial charge is 0.126 e. The molecule has 2 rings (SSSR count). The zero-order valence-corrected chi connectivity index (χ0v) is 12.2. The van der Waals surface area contributed by atoms with Crippen LogP contribution in [0.25, 0.3) is 0 Å². The van der Waals surface area contributed by atoms with Crippen LogP contribution >= 0.6 is 11.6 Å². The Hall–Kier alpha value is -1.58. The molecule has 0 aromatic heterocycles. The molecular weight excluding hydrogens is 277 g/mol. The van der Waals surface area contributed by atoms with Gasteiger partial charge in [-0.15, -0.1) is 0 Å². The minimum atomic E-state index is -0.235. The fourth-order valence-electron chi connectivity index (χ4n) is 2.16. The summed E-state index contributed by atoms with van der Waals surface area (Å²) in [6.45, 7) is 1.73. The molecule has 0 spiro atoms. The lowest BCUT2D eigenvalue weighted by atomic mass is 9.97. The molecule has 0 aliphatic heterocycles. The van der Waals surface area contributed by atoms with Gasteiger partial charge in [0.1, 0.15) is 11.6 Å². The maximum absolute atomic E-state index is 13.3. The van der Waals surface area contributed by atoms with Crippen molar-refractivity contribution < 1.29 is 9.13 Å². The van der Waals surface area contributed by atoms with Crippen LogP contribution in [0.3, 0.4) is 0 Å². The monoisotopic (exact) mass is 293 g/mol. The van der Waals surface area contributed by atoms with Crippen molar-refractivity contribution >= 4 is 11.6 Å². The Bertz CT molecular complexity index is 615. The van der Waals surface area contributed by atoms with Crippen LogP contribution in [0.15, 0.2) is 36.4 Å². The van der Waals surface area contributed by atoms with Gasteiger partial charge in [-0.3, -0.25) is 0 Å². The maximum Gasteiger partial charge on any atom is 0.126 e. The molecule has 0 radical (unpaired) electrons. The quantitative estimate of drug-likeness (QED) is 0.923. The number of hydrogen-bond acceptors (Lipinski definition) is 2. The van der Waals surface area contributed by atoms with Gasteiger partial charge >= 0.3 is 0 Å². The van der Waals surface area contributed by atoms with E-state index in [9.17, 15) is 4.39 Å². The van der Waals surface area contributed by atoms with Crippen LogP contribution < -0.4 is 10.5 Å². The summed E-state index contributed by atoms with van der Waals surface area (Å²) >= 11 is 6.00. The van der Waals surface area contributed by atoms with Gasteiger partial charge in [0, 0.05) is 11.1 Å². The van der Waals surface area contributed by atoms with Gasteiger partial charge in [-0.05, 0) is 54.3 Å². The molecule has 4 heteroatoms. The number of nitrogens with two attached hydrogens (primary N) is 1. The van der Waals surface area contributed by atoms with Crippen molar-refractivity contribution in [1.82, 2.24) is 0 Å². The normalized spacial score (nSPS) is 12.2. The molecule has 0 aliphatic carbocycles. The fraction of sp³-hybridized carbons (Fsp3) is 0.250. The van der Waals surface area contributed by atoms with Gasteiger partial charge in [-0.2, -0.15) is 0 Å². The number of rotatable bonds is 4. The Labute approximate surface area is 123 Å². The van der Waals surface area contributed by atoms with Crippen LogP contribution in [0.1, 0.15) is 22.7 Å². The SMILES string of the molecule is COc1ccc(Cl)cc1CC(N)c1ccc(F)c(C)c1. The van der Waals surface area contributed by atoms with E-state index in [0.29, 0.717) is 17.0 Å². The third-order valence-electron chi connectivity index (χ3n) is 3.29. The van der Waals surface area contributed by atoms with Crippen LogP contribution in [-0.4, -0.2) is 7.11 Å². The zero-order chi connectivity index (χ0) is 14.7. The first kappa shape index (κ1) is 14.8. The topological polar surface area (TPSA) is 35.2 Å². The highest BCUT2D eigenvalue weighted by atomic mass is 35.5. The predicted molar refractivity (Wildman–Crippen MR) is 79.8 cm³/mol. The Morgan fingerprint density at radius 3 is 2.65 bits per heavy atom. The van der Waals surface area contributed by atoms with Gasteiger partial charge in [0.15, 0.2) is 0 Å². The van der Waals surface area contributed by atoms with E-state index in [4.69, 9.17) is 22.1 Å². The second-order valence-electron chi connectivity index (χ2n) is 4.78. The standard InChI is InChI=1S/C16H17ClFNO/c1-10-7-11(3-5-14(10)18)15(19)9-12-8-13(17)4-6-16(12)20-2/h3-8,15H,9,19H2,1-2H3. The second kappa shape index (κ2) is 6.25. The van der Waals surface area contributed by atoms with E-state index in [1.54, 1.807) is 32.2 Å². The van der Waals surface area contributed by atoms with Gasteiger partial charge in [0.05, 0.1) is 7.11 Å². The van der Waals surface area contributed by atoms with E-state index < -0.39 is 0 Å². The van der Waals surface area contributed by atoms with Gasteiger partial charge in [0.25, 0.3) is 0 Å². The van der Waals surface area contributed by atoms with Crippen LogP contribution in [-0.2, 0) is 6.42 Å². The average molecular weight is 294 g/mol.